The van der Waals surface area contributed by atoms with E-state index in [1.165, 1.54) is 17.4 Å². The summed E-state index contributed by atoms with van der Waals surface area (Å²) in [7, 11) is 1.75. The van der Waals surface area contributed by atoms with Crippen molar-refractivity contribution in [1.29, 1.82) is 0 Å². The van der Waals surface area contributed by atoms with E-state index >= 15 is 0 Å². The first kappa shape index (κ1) is 25.9. The van der Waals surface area contributed by atoms with Gasteiger partial charge in [0.15, 0.2) is 5.69 Å². The number of pyridine rings is 1. The normalized spacial score (nSPS) is 14.7. The van der Waals surface area contributed by atoms with E-state index in [1.54, 1.807) is 30.1 Å². The van der Waals surface area contributed by atoms with Gasteiger partial charge >= 0.3 is 5.97 Å². The molecule has 0 saturated carbocycles. The Morgan fingerprint density at radius 3 is 2.47 bits per heavy atom. The van der Waals surface area contributed by atoms with Gasteiger partial charge in [-0.2, -0.15) is 0 Å². The molecule has 0 radical (unpaired) electrons. The number of rotatable bonds is 6. The largest absolute Gasteiger partial charge is 0.476 e. The van der Waals surface area contributed by atoms with E-state index in [0.717, 1.165) is 35.0 Å². The zero-order chi connectivity index (χ0) is 27.1. The fraction of sp³-hybridized carbons (Fsp3) is 0.360. The second-order valence-electron chi connectivity index (χ2n) is 9.22. The van der Waals surface area contributed by atoms with Crippen LogP contribution in [-0.4, -0.2) is 61.8 Å². The molecule has 1 fully saturated rings. The molecule has 0 amide bonds. The summed E-state index contributed by atoms with van der Waals surface area (Å²) in [4.78, 5) is 48.1. The predicted octanol–water partition coefficient (Wildman–Crippen LogP) is 3.65. The zero-order valence-electron chi connectivity index (χ0n) is 21.4. The van der Waals surface area contributed by atoms with Crippen molar-refractivity contribution in [2.75, 3.05) is 41.3 Å². The number of aromatic nitrogens is 5. The summed E-state index contributed by atoms with van der Waals surface area (Å²) in [6.07, 6.45) is 3.54. The molecule has 5 rings (SSSR count). The maximum Gasteiger partial charge on any atom is 0.356 e. The molecule has 0 bridgehead atoms. The maximum absolute atomic E-state index is 13.4. The molecule has 1 aliphatic rings. The van der Waals surface area contributed by atoms with Crippen LogP contribution >= 0.6 is 22.9 Å². The predicted molar refractivity (Wildman–Crippen MR) is 149 cm³/mol. The molecule has 11 nitrogen and oxygen atoms in total. The van der Waals surface area contributed by atoms with Gasteiger partial charge in [-0.1, -0.05) is 11.6 Å². The van der Waals surface area contributed by atoms with E-state index in [9.17, 15) is 14.7 Å². The number of piperazine rings is 1. The number of hydrogen-bond acceptors (Lipinski definition) is 10. The van der Waals surface area contributed by atoms with Crippen molar-refractivity contribution >= 4 is 56.6 Å². The minimum absolute atomic E-state index is 0.0992. The Hall–Kier alpha value is -3.77. The van der Waals surface area contributed by atoms with Crippen LogP contribution in [-0.2, 0) is 7.05 Å². The average molecular weight is 555 g/mol. The summed E-state index contributed by atoms with van der Waals surface area (Å²) in [5, 5.41) is 12.9. The number of thiophene rings is 1. The van der Waals surface area contributed by atoms with Crippen LogP contribution in [0.5, 0.6) is 0 Å². The van der Waals surface area contributed by atoms with Crippen LogP contribution in [0.1, 0.15) is 39.6 Å². The number of aryl methyl sites for hydroxylation is 2. The molecule has 1 aliphatic heterocycles. The van der Waals surface area contributed by atoms with Gasteiger partial charge in [0.2, 0.25) is 5.95 Å². The van der Waals surface area contributed by atoms with Gasteiger partial charge in [-0.15, -0.1) is 11.3 Å². The molecule has 38 heavy (non-hydrogen) atoms. The second-order valence-corrected chi connectivity index (χ2v) is 10.8. The van der Waals surface area contributed by atoms with Gasteiger partial charge in [-0.05, 0) is 32.9 Å². The molecule has 0 aliphatic carbocycles. The minimum Gasteiger partial charge on any atom is -0.476 e. The Morgan fingerprint density at radius 2 is 1.82 bits per heavy atom. The van der Waals surface area contributed by atoms with Crippen LogP contribution in [0.25, 0.3) is 10.2 Å². The molecule has 5 heterocycles. The van der Waals surface area contributed by atoms with Gasteiger partial charge in [0, 0.05) is 43.7 Å². The van der Waals surface area contributed by atoms with Crippen molar-refractivity contribution < 1.29 is 9.90 Å². The number of carbonyl (C=O) groups is 1. The molecule has 2 N–H and O–H groups in total. The lowest BCUT2D eigenvalue weighted by molar-refractivity contribution is 0.0691. The SMILES string of the molecule is Cc1cnc(N2CCN(c3nc4c(C(C)Nc5ccc(Cl)nc5C(=O)O)c(C)sc4c(=O)n3C)CC2)cn1. The summed E-state index contributed by atoms with van der Waals surface area (Å²) in [6, 6.07) is 2.79. The lowest BCUT2D eigenvalue weighted by Gasteiger charge is -2.36. The Bertz CT molecular complexity index is 1580. The Kier molecular flexibility index (Phi) is 6.93. The lowest BCUT2D eigenvalue weighted by Crippen LogP contribution is -2.48. The summed E-state index contributed by atoms with van der Waals surface area (Å²) >= 11 is 7.31. The van der Waals surface area contributed by atoms with Crippen LogP contribution in [0.15, 0.2) is 29.3 Å². The highest BCUT2D eigenvalue weighted by atomic mass is 35.5. The van der Waals surface area contributed by atoms with Gasteiger partial charge in [0.05, 0.1) is 35.3 Å². The van der Waals surface area contributed by atoms with E-state index in [2.05, 4.69) is 30.1 Å². The van der Waals surface area contributed by atoms with Crippen LogP contribution in [0.3, 0.4) is 0 Å². The fourth-order valence-electron chi connectivity index (χ4n) is 4.72. The van der Waals surface area contributed by atoms with Crippen molar-refractivity contribution in [3.05, 3.63) is 61.9 Å². The molecule has 4 aromatic rings. The number of halogens is 1. The Balaban J connectivity index is 1.46. The fourth-order valence-corrected chi connectivity index (χ4v) is 6.03. The molecule has 13 heteroatoms. The highest BCUT2D eigenvalue weighted by Gasteiger charge is 2.26. The molecule has 0 aromatic carbocycles. The number of hydrogen-bond donors (Lipinski definition) is 2. The number of nitrogens with one attached hydrogen (secondary N) is 1. The molecular formula is C25H27ClN8O3S. The van der Waals surface area contributed by atoms with Crippen LogP contribution in [0.4, 0.5) is 17.5 Å². The summed E-state index contributed by atoms with van der Waals surface area (Å²) in [6.45, 7) is 8.55. The summed E-state index contributed by atoms with van der Waals surface area (Å²) in [5.74, 6) is 0.252. The molecule has 0 spiro atoms. The topological polar surface area (TPSA) is 129 Å². The van der Waals surface area contributed by atoms with Gasteiger partial charge in [-0.25, -0.2) is 19.7 Å². The molecule has 1 unspecified atom stereocenters. The third-order valence-corrected chi connectivity index (χ3v) is 7.95. The third kappa shape index (κ3) is 4.76. The minimum atomic E-state index is -1.18. The molecular weight excluding hydrogens is 528 g/mol. The number of nitrogens with zero attached hydrogens (tertiary/aromatic N) is 7. The lowest BCUT2D eigenvalue weighted by atomic mass is 10.1. The van der Waals surface area contributed by atoms with E-state index < -0.39 is 5.97 Å². The molecule has 4 aromatic heterocycles. The van der Waals surface area contributed by atoms with E-state index in [1.807, 2.05) is 20.8 Å². The third-order valence-electron chi connectivity index (χ3n) is 6.64. The van der Waals surface area contributed by atoms with Gasteiger partial charge in [0.25, 0.3) is 5.56 Å². The summed E-state index contributed by atoms with van der Waals surface area (Å²) < 4.78 is 2.17. The monoisotopic (exact) mass is 554 g/mol. The molecule has 198 valence electrons. The first-order valence-electron chi connectivity index (χ1n) is 12.1. The number of carboxylic acids is 1. The van der Waals surface area contributed by atoms with Gasteiger partial charge in [-0.3, -0.25) is 14.3 Å². The van der Waals surface area contributed by atoms with E-state index in [0.29, 0.717) is 34.9 Å². The average Bonchev–Trinajstić information content (AvgIpc) is 3.23. The highest BCUT2D eigenvalue weighted by molar-refractivity contribution is 7.19. The van der Waals surface area contributed by atoms with Crippen molar-refractivity contribution in [2.45, 2.75) is 26.8 Å². The Morgan fingerprint density at radius 1 is 1.11 bits per heavy atom. The highest BCUT2D eigenvalue weighted by Crippen LogP contribution is 2.35. The molecule has 1 atom stereocenters. The maximum atomic E-state index is 13.4. The van der Waals surface area contributed by atoms with E-state index in [4.69, 9.17) is 16.6 Å². The smallest absolute Gasteiger partial charge is 0.356 e. The standard InChI is InChI=1S/C25H27ClN8O3S/c1-13-11-28-18(12-27-13)33-7-9-34(10-8-33)25-31-21-19(15(3)38-22(21)23(35)32(25)4)14(2)29-16-5-6-17(26)30-20(16)24(36)37/h5-6,11-12,14,29H,7-10H2,1-4H3,(H,36,37). The van der Waals surface area contributed by atoms with Crippen LogP contribution in [0.2, 0.25) is 5.15 Å². The van der Waals surface area contributed by atoms with Gasteiger partial charge in [0.1, 0.15) is 15.7 Å². The number of fused-ring (bicyclic) bond motifs is 1. The Labute approximate surface area is 227 Å². The quantitative estimate of drug-likeness (QED) is 0.341. The zero-order valence-corrected chi connectivity index (χ0v) is 23.0. The van der Waals surface area contributed by atoms with Gasteiger partial charge < -0.3 is 20.2 Å². The van der Waals surface area contributed by atoms with Crippen LogP contribution < -0.4 is 20.7 Å². The number of anilines is 3. The summed E-state index contributed by atoms with van der Waals surface area (Å²) in [5.41, 5.74) is 2.41. The van der Waals surface area contributed by atoms with Crippen molar-refractivity contribution in [2.24, 2.45) is 7.05 Å². The van der Waals surface area contributed by atoms with Crippen molar-refractivity contribution in [3.8, 4) is 0 Å². The first-order valence-corrected chi connectivity index (χ1v) is 13.3. The number of carboxylic acid groups (broad SMARTS) is 1. The van der Waals surface area contributed by atoms with E-state index in [-0.39, 0.29) is 22.4 Å². The second kappa shape index (κ2) is 10.2. The van der Waals surface area contributed by atoms with Crippen molar-refractivity contribution in [1.82, 2.24) is 24.5 Å². The molecule has 1 saturated heterocycles. The number of aromatic carboxylic acids is 1. The van der Waals surface area contributed by atoms with Crippen molar-refractivity contribution in [3.63, 3.8) is 0 Å². The first-order chi connectivity index (χ1) is 18.1. The van der Waals surface area contributed by atoms with Crippen LogP contribution in [0, 0.1) is 13.8 Å².